The SMILES string of the molecule is [2H]c1c([2H])c([2H])c(-c2c3c([2H])c([2H])c([2H])c([2H])c3c(-c3ccc4oc5c6ccccc6ccc5c4c3)c3c([2H])c([2H])c([2H])c([2H])c23)c([2H])c1[2H].[2H]c1c([2H])c([2H])c2c(-c3c4c([2H])c([2H])c([2H])c([2H])c4c(-c4ccc5oc6c7ccccc7ccc6c5c4)c4c([2H])c([2H])c([2H])c([2H])c34)c([2H])c([2H])c([2H])c2c1[2H]. The molecule has 0 spiro atoms. The van der Waals surface area contributed by atoms with Crippen LogP contribution in [0.2, 0.25) is 0 Å². The number of rotatable bonds is 4. The molecule has 0 aliphatic carbocycles. The normalized spacial score (nSPS) is 16.9. The molecule has 17 rings (SSSR count). The summed E-state index contributed by atoms with van der Waals surface area (Å²) in [6, 6.07) is 14.7. The third kappa shape index (κ3) is 6.83. The van der Waals surface area contributed by atoms with E-state index in [2.05, 4.69) is 0 Å². The van der Waals surface area contributed by atoms with Crippen molar-refractivity contribution in [1.29, 1.82) is 0 Å². The van der Waals surface area contributed by atoms with Crippen LogP contribution < -0.4 is 0 Å². The molecule has 0 aliphatic rings. The number of benzene rings is 15. The molecule has 0 bridgehead atoms. The molecule has 2 heterocycles. The van der Waals surface area contributed by atoms with Gasteiger partial charge in [0.2, 0.25) is 0 Å². The van der Waals surface area contributed by atoms with Crippen LogP contribution in [0.3, 0.4) is 0 Å². The Hall–Kier alpha value is -10.3. The summed E-state index contributed by atoms with van der Waals surface area (Å²) in [5, 5.41) is 3.85. The second-order valence-electron chi connectivity index (χ2n) is 18.5. The Bertz CT molecular complexity index is 6800. The predicted molar refractivity (Wildman–Crippen MR) is 332 cm³/mol. The van der Waals surface area contributed by atoms with Gasteiger partial charge in [-0.25, -0.2) is 0 Å². The van der Waals surface area contributed by atoms with E-state index in [0.29, 0.717) is 44.2 Å². The fourth-order valence-corrected chi connectivity index (χ4v) is 11.0. The Morgan fingerprint density at radius 3 is 1.09 bits per heavy atom. The van der Waals surface area contributed by atoms with E-state index in [1.807, 2.05) is 72.8 Å². The maximum Gasteiger partial charge on any atom is 0.143 e. The number of fused-ring (bicyclic) bond motifs is 15. The van der Waals surface area contributed by atoms with Crippen LogP contribution in [0.5, 0.6) is 0 Å². The van der Waals surface area contributed by atoms with Crippen LogP contribution in [0.25, 0.3) is 164 Å². The van der Waals surface area contributed by atoms with Crippen molar-refractivity contribution in [2.45, 2.75) is 0 Å². The summed E-state index contributed by atoms with van der Waals surface area (Å²) >= 11 is 0. The lowest BCUT2D eigenvalue weighted by molar-refractivity contribution is 0.672. The van der Waals surface area contributed by atoms with Crippen molar-refractivity contribution in [3.05, 3.63) is 278 Å². The van der Waals surface area contributed by atoms with Crippen molar-refractivity contribution in [3.8, 4) is 44.5 Å². The van der Waals surface area contributed by atoms with Gasteiger partial charge in [-0.3, -0.25) is 0 Å². The topological polar surface area (TPSA) is 26.3 Å². The van der Waals surface area contributed by atoms with Gasteiger partial charge in [-0.15, -0.1) is 0 Å². The lowest BCUT2D eigenvalue weighted by Gasteiger charge is -2.18. The van der Waals surface area contributed by atoms with E-state index in [9.17, 15) is 6.85 Å². The number of furan rings is 2. The van der Waals surface area contributed by atoms with Crippen LogP contribution >= 0.6 is 0 Å². The van der Waals surface area contributed by atoms with Crippen LogP contribution in [0.15, 0.2) is 287 Å². The molecule has 17 aromatic rings. The van der Waals surface area contributed by atoms with E-state index in [1.54, 1.807) is 36.4 Å². The molecule has 0 N–H and O–H groups in total. The Morgan fingerprint density at radius 2 is 0.615 bits per heavy atom. The molecule has 0 atom stereocenters. The van der Waals surface area contributed by atoms with Crippen molar-refractivity contribution < 1.29 is 47.2 Å². The van der Waals surface area contributed by atoms with Gasteiger partial charge >= 0.3 is 0 Å². The first-order valence-corrected chi connectivity index (χ1v) is 24.5. The maximum absolute atomic E-state index is 9.32. The molecule has 0 radical (unpaired) electrons. The fraction of sp³-hybridized carbons (Fsp3) is 0. The Kier molecular flexibility index (Phi) is 5.57. The van der Waals surface area contributed by atoms with Gasteiger partial charge in [0.05, 0.1) is 38.4 Å². The van der Waals surface area contributed by atoms with E-state index in [1.165, 1.54) is 0 Å². The molecule has 0 aliphatic heterocycles. The summed E-state index contributed by atoms with van der Waals surface area (Å²) in [5.74, 6) is 0. The minimum absolute atomic E-state index is 0.0238. The summed E-state index contributed by atoms with van der Waals surface area (Å²) in [6.45, 7) is 0. The van der Waals surface area contributed by atoms with Gasteiger partial charge in [0.25, 0.3) is 0 Å². The zero-order valence-corrected chi connectivity index (χ0v) is 40.2. The smallest absolute Gasteiger partial charge is 0.143 e. The zero-order valence-electron chi connectivity index (χ0n) is 68.2. The highest BCUT2D eigenvalue weighted by atomic mass is 16.3. The van der Waals surface area contributed by atoms with Crippen molar-refractivity contribution in [3.63, 3.8) is 0 Å². The standard InChI is InChI=1S/C40H24O.C36H22O/c1-3-13-28-25(10-1)12-9-19-30(28)39-33-17-7-5-15-31(33)38(32-16-6-8-18-34(32)39)27-21-23-37-36(24-27)35-22-20-26-11-2-4-14-29(26)40(35)41-37;1-2-11-24(12-3-1)34-27-14-6-8-16-29(27)35(30-17-9-7-15-28(30)34)25-19-21-33-32(22-25)31-20-18-23-10-4-5-13-26(23)36(31)37-33/h1-24H;1-22H/i1D,3D,5D,6D,7D,8D,9D,10D,12D,13D,15D,16D,17D,18D,19D;1D,2D,3D,6D,7D,8D,9D,11D,12D,14D,15D,16D,17D. The highest BCUT2D eigenvalue weighted by molar-refractivity contribution is 6.26. The first-order chi connectivity index (χ1) is 50.3. The van der Waals surface area contributed by atoms with Gasteiger partial charge in [0.1, 0.15) is 22.3 Å². The second-order valence-corrected chi connectivity index (χ2v) is 18.5. The molecule has 15 aromatic carbocycles. The summed E-state index contributed by atoms with van der Waals surface area (Å²) < 4.78 is 260. The molecule has 2 heteroatoms. The molecule has 0 fully saturated rings. The van der Waals surface area contributed by atoms with Gasteiger partial charge in [-0.2, -0.15) is 0 Å². The summed E-state index contributed by atoms with van der Waals surface area (Å²) in [6.07, 6.45) is 0. The van der Waals surface area contributed by atoms with Crippen molar-refractivity contribution in [2.75, 3.05) is 0 Å². The molecule has 0 unspecified atom stereocenters. The Balaban J connectivity index is 0.000000164. The largest absolute Gasteiger partial charge is 0.455 e. The summed E-state index contributed by atoms with van der Waals surface area (Å²) in [5.41, 5.74) is 1.46. The van der Waals surface area contributed by atoms with E-state index in [4.69, 9.17) is 40.4 Å². The summed E-state index contributed by atoms with van der Waals surface area (Å²) in [7, 11) is 0. The molecular formula is C76H46O2. The van der Waals surface area contributed by atoms with Crippen LogP contribution in [0, 0.1) is 0 Å². The van der Waals surface area contributed by atoms with Gasteiger partial charge in [0.15, 0.2) is 0 Å². The predicted octanol–water partition coefficient (Wildman–Crippen LogP) is 21.9. The monoisotopic (exact) mass is 1020 g/mol. The minimum atomic E-state index is -0.755. The second kappa shape index (κ2) is 17.7. The Labute approximate surface area is 488 Å². The maximum atomic E-state index is 9.32. The quantitative estimate of drug-likeness (QED) is 0.164. The highest BCUT2D eigenvalue weighted by Crippen LogP contribution is 2.48. The van der Waals surface area contributed by atoms with Gasteiger partial charge in [-0.1, -0.05) is 242 Å². The van der Waals surface area contributed by atoms with E-state index >= 15 is 0 Å². The molecular weight excluding hydrogens is 945 g/mol. The third-order valence-electron chi connectivity index (χ3n) is 14.4. The van der Waals surface area contributed by atoms with Gasteiger partial charge < -0.3 is 8.83 Å². The van der Waals surface area contributed by atoms with Gasteiger partial charge in [0, 0.05) is 32.3 Å². The molecule has 0 amide bonds. The van der Waals surface area contributed by atoms with Crippen LogP contribution in [0.1, 0.15) is 38.4 Å². The average molecular weight is 1020 g/mol. The fourth-order valence-electron chi connectivity index (χ4n) is 11.0. The van der Waals surface area contributed by atoms with Gasteiger partial charge in [-0.05, 0) is 146 Å². The van der Waals surface area contributed by atoms with Crippen molar-refractivity contribution >= 4 is 119 Å². The van der Waals surface area contributed by atoms with E-state index < -0.39 is 191 Å². The highest BCUT2D eigenvalue weighted by Gasteiger charge is 2.21. The zero-order chi connectivity index (χ0) is 75.6. The van der Waals surface area contributed by atoms with E-state index in [0.717, 1.165) is 32.3 Å². The first kappa shape index (κ1) is 24.6. The first-order valence-electron chi connectivity index (χ1n) is 38.5. The number of hydrogen-bond acceptors (Lipinski definition) is 2. The van der Waals surface area contributed by atoms with Crippen LogP contribution in [-0.4, -0.2) is 0 Å². The lowest BCUT2D eigenvalue weighted by atomic mass is 9.84. The molecule has 2 aromatic heterocycles. The average Bonchev–Trinajstić information content (AvgIpc) is 0.895. The molecule has 78 heavy (non-hydrogen) atoms. The van der Waals surface area contributed by atoms with E-state index in [-0.39, 0.29) is 65.3 Å². The van der Waals surface area contributed by atoms with Crippen molar-refractivity contribution in [2.24, 2.45) is 0 Å². The molecule has 0 saturated carbocycles. The molecule has 2 nitrogen and oxygen atoms in total. The number of hydrogen-bond donors (Lipinski definition) is 0. The third-order valence-corrected chi connectivity index (χ3v) is 14.4. The molecule has 0 saturated heterocycles. The van der Waals surface area contributed by atoms with Crippen molar-refractivity contribution in [1.82, 2.24) is 0 Å². The Morgan fingerprint density at radius 1 is 0.231 bits per heavy atom. The minimum Gasteiger partial charge on any atom is -0.455 e. The van der Waals surface area contributed by atoms with Crippen LogP contribution in [0.4, 0.5) is 0 Å². The summed E-state index contributed by atoms with van der Waals surface area (Å²) in [4.78, 5) is 0. The molecule has 362 valence electrons. The lowest BCUT2D eigenvalue weighted by Crippen LogP contribution is -1.91. The van der Waals surface area contributed by atoms with Crippen LogP contribution in [-0.2, 0) is 0 Å².